The summed E-state index contributed by atoms with van der Waals surface area (Å²) < 4.78 is 0. The zero-order valence-corrected chi connectivity index (χ0v) is 14.5. The number of carbonyl (C=O) groups excluding carboxylic acids is 1. The normalized spacial score (nSPS) is 22.0. The third-order valence-electron chi connectivity index (χ3n) is 4.87. The number of fused-ring (bicyclic) bond motifs is 2. The minimum Gasteiger partial charge on any atom is -0.339 e. The molecule has 2 atom stereocenters. The Hall–Kier alpha value is -1.78. The fraction of sp³-hybridized carbons (Fsp3) is 0.333. The van der Waals surface area contributed by atoms with Gasteiger partial charge in [-0.1, -0.05) is 23.2 Å². The summed E-state index contributed by atoms with van der Waals surface area (Å²) in [6.45, 7) is 0.867. The van der Waals surface area contributed by atoms with Crippen LogP contribution in [0.15, 0.2) is 36.5 Å². The molecule has 2 fully saturated rings. The van der Waals surface area contributed by atoms with Crippen molar-refractivity contribution in [1.82, 2.24) is 9.88 Å². The number of carbonyl (C=O) groups is 1. The minimum atomic E-state index is 0.0367. The van der Waals surface area contributed by atoms with E-state index in [4.69, 9.17) is 23.2 Å². The number of likely N-dealkylation sites (tertiary alicyclic amines) is 1. The molecule has 1 aliphatic carbocycles. The highest BCUT2D eigenvalue weighted by Crippen LogP contribution is 2.38. The van der Waals surface area contributed by atoms with Gasteiger partial charge < -0.3 is 10.2 Å². The average Bonchev–Trinajstić information content (AvgIpc) is 3.21. The van der Waals surface area contributed by atoms with E-state index in [-0.39, 0.29) is 5.91 Å². The van der Waals surface area contributed by atoms with E-state index in [1.807, 2.05) is 17.0 Å². The molecule has 2 bridgehead atoms. The summed E-state index contributed by atoms with van der Waals surface area (Å²) in [4.78, 5) is 19.0. The lowest BCUT2D eigenvalue weighted by Gasteiger charge is -2.27. The zero-order valence-electron chi connectivity index (χ0n) is 13.0. The van der Waals surface area contributed by atoms with Gasteiger partial charge in [0.1, 0.15) is 5.82 Å². The highest BCUT2D eigenvalue weighted by molar-refractivity contribution is 6.33. The lowest BCUT2D eigenvalue weighted by molar-refractivity contribution is 0.0703. The highest BCUT2D eigenvalue weighted by Gasteiger charge is 2.40. The third kappa shape index (κ3) is 2.96. The van der Waals surface area contributed by atoms with Crippen molar-refractivity contribution in [2.45, 2.75) is 25.3 Å². The van der Waals surface area contributed by atoms with E-state index in [0.29, 0.717) is 33.4 Å². The van der Waals surface area contributed by atoms with Crippen LogP contribution < -0.4 is 5.32 Å². The lowest BCUT2D eigenvalue weighted by Crippen LogP contribution is -2.37. The van der Waals surface area contributed by atoms with Crippen LogP contribution >= 0.6 is 23.2 Å². The average molecular weight is 362 g/mol. The molecule has 0 unspecified atom stereocenters. The van der Waals surface area contributed by atoms with Crippen LogP contribution in [0.3, 0.4) is 0 Å². The molecule has 1 saturated carbocycles. The van der Waals surface area contributed by atoms with Gasteiger partial charge in [0.05, 0.1) is 10.6 Å². The first-order valence-electron chi connectivity index (χ1n) is 8.09. The van der Waals surface area contributed by atoms with Gasteiger partial charge in [0.15, 0.2) is 0 Å². The van der Waals surface area contributed by atoms with E-state index in [0.717, 1.165) is 25.1 Å². The van der Waals surface area contributed by atoms with Crippen LogP contribution in [0.5, 0.6) is 0 Å². The van der Waals surface area contributed by atoms with Crippen LogP contribution in [0, 0.1) is 5.92 Å². The molecule has 124 valence electrons. The van der Waals surface area contributed by atoms with E-state index in [9.17, 15) is 4.79 Å². The number of nitrogens with zero attached hydrogens (tertiary/aromatic N) is 2. The largest absolute Gasteiger partial charge is 0.339 e. The van der Waals surface area contributed by atoms with E-state index in [1.165, 1.54) is 6.42 Å². The third-order valence-corrected chi connectivity index (χ3v) is 5.41. The molecule has 0 radical (unpaired) electrons. The number of rotatable bonds is 3. The number of anilines is 2. The van der Waals surface area contributed by atoms with Gasteiger partial charge in [-0.25, -0.2) is 4.98 Å². The summed E-state index contributed by atoms with van der Waals surface area (Å²) in [5.41, 5.74) is 1.39. The van der Waals surface area contributed by atoms with E-state index in [2.05, 4.69) is 10.3 Å². The zero-order chi connectivity index (χ0) is 16.7. The van der Waals surface area contributed by atoms with Crippen LogP contribution in [0.4, 0.5) is 11.5 Å². The predicted molar refractivity (Wildman–Crippen MR) is 96.1 cm³/mol. The Morgan fingerprint density at radius 3 is 2.62 bits per heavy atom. The molecular weight excluding hydrogens is 345 g/mol. The number of nitrogens with one attached hydrogen (secondary N) is 1. The Labute approximate surface area is 150 Å². The number of hydrogen-bond acceptors (Lipinski definition) is 3. The van der Waals surface area contributed by atoms with Crippen LogP contribution in [0.25, 0.3) is 0 Å². The first-order chi connectivity index (χ1) is 11.6. The molecule has 4 nitrogen and oxygen atoms in total. The molecular formula is C18H17Cl2N3O. The van der Waals surface area contributed by atoms with Gasteiger partial charge in [-0.05, 0) is 55.5 Å². The number of amides is 1. The summed E-state index contributed by atoms with van der Waals surface area (Å²) in [5, 5.41) is 4.23. The van der Waals surface area contributed by atoms with Gasteiger partial charge >= 0.3 is 0 Å². The molecule has 4 rings (SSSR count). The van der Waals surface area contributed by atoms with Gasteiger partial charge in [0.2, 0.25) is 0 Å². The van der Waals surface area contributed by atoms with Crippen molar-refractivity contribution in [3.05, 3.63) is 52.1 Å². The van der Waals surface area contributed by atoms with E-state index >= 15 is 0 Å². The van der Waals surface area contributed by atoms with Gasteiger partial charge in [0.25, 0.3) is 5.91 Å². The Balaban J connectivity index is 1.51. The van der Waals surface area contributed by atoms with Crippen molar-refractivity contribution in [1.29, 1.82) is 0 Å². The summed E-state index contributed by atoms with van der Waals surface area (Å²) in [6, 6.07) is 9.37. The Morgan fingerprint density at radius 1 is 1.21 bits per heavy atom. The molecule has 0 spiro atoms. The topological polar surface area (TPSA) is 45.2 Å². The van der Waals surface area contributed by atoms with Crippen molar-refractivity contribution in [2.24, 2.45) is 5.92 Å². The Morgan fingerprint density at radius 2 is 2.00 bits per heavy atom. The Kier molecular flexibility index (Phi) is 4.10. The van der Waals surface area contributed by atoms with Crippen molar-refractivity contribution in [3.63, 3.8) is 0 Å². The number of aromatic nitrogens is 1. The molecule has 2 aromatic rings. The van der Waals surface area contributed by atoms with Crippen LogP contribution in [-0.4, -0.2) is 28.4 Å². The number of halogens is 2. The summed E-state index contributed by atoms with van der Waals surface area (Å²) >= 11 is 12.2. The summed E-state index contributed by atoms with van der Waals surface area (Å²) in [6.07, 6.45) is 5.10. The molecule has 1 amide bonds. The summed E-state index contributed by atoms with van der Waals surface area (Å²) in [5.74, 6) is 1.24. The maximum Gasteiger partial charge on any atom is 0.255 e. The number of hydrogen-bond donors (Lipinski definition) is 1. The number of piperidine rings is 1. The molecule has 1 saturated heterocycles. The molecule has 6 heteroatoms. The monoisotopic (exact) mass is 361 g/mol. The fourth-order valence-corrected chi connectivity index (χ4v) is 4.00. The number of benzene rings is 1. The van der Waals surface area contributed by atoms with Crippen LogP contribution in [-0.2, 0) is 0 Å². The van der Waals surface area contributed by atoms with Crippen LogP contribution in [0.2, 0.25) is 10.0 Å². The van der Waals surface area contributed by atoms with Gasteiger partial charge in [-0.3, -0.25) is 4.79 Å². The first kappa shape index (κ1) is 15.7. The van der Waals surface area contributed by atoms with Crippen LogP contribution in [0.1, 0.15) is 29.6 Å². The number of pyridine rings is 1. The van der Waals surface area contributed by atoms with E-state index < -0.39 is 0 Å². The standard InChI is InChI=1S/C18H17Cl2N3O/c19-13-2-4-14(5-3-13)22-17-16(20)8-12(9-21-17)18(24)23-10-11-1-6-15(23)7-11/h2-5,8-9,11,15H,1,6-7,10H2,(H,21,22)/t11-,15+/m1/s1. The molecule has 2 aliphatic rings. The van der Waals surface area contributed by atoms with Crippen molar-refractivity contribution in [2.75, 3.05) is 11.9 Å². The predicted octanol–water partition coefficient (Wildman–Crippen LogP) is 4.76. The van der Waals surface area contributed by atoms with E-state index in [1.54, 1.807) is 24.4 Å². The Bertz CT molecular complexity index is 778. The second kappa shape index (κ2) is 6.26. The smallest absolute Gasteiger partial charge is 0.255 e. The van der Waals surface area contributed by atoms with Crippen molar-refractivity contribution in [3.8, 4) is 0 Å². The van der Waals surface area contributed by atoms with Crippen molar-refractivity contribution >= 4 is 40.6 Å². The lowest BCUT2D eigenvalue weighted by atomic mass is 10.1. The summed E-state index contributed by atoms with van der Waals surface area (Å²) in [7, 11) is 0. The molecule has 1 aromatic carbocycles. The molecule has 1 aromatic heterocycles. The molecule has 24 heavy (non-hydrogen) atoms. The van der Waals surface area contributed by atoms with Gasteiger partial charge in [-0.2, -0.15) is 0 Å². The SMILES string of the molecule is O=C(c1cnc(Nc2ccc(Cl)cc2)c(Cl)c1)N1C[C@@H]2CC[C@H]1C2. The molecule has 1 N–H and O–H groups in total. The maximum absolute atomic E-state index is 12.7. The van der Waals surface area contributed by atoms with Crippen molar-refractivity contribution < 1.29 is 4.79 Å². The second-order valence-electron chi connectivity index (χ2n) is 6.48. The highest BCUT2D eigenvalue weighted by atomic mass is 35.5. The van der Waals surface area contributed by atoms with Gasteiger partial charge in [-0.15, -0.1) is 0 Å². The first-order valence-corrected chi connectivity index (χ1v) is 8.85. The quantitative estimate of drug-likeness (QED) is 0.857. The second-order valence-corrected chi connectivity index (χ2v) is 7.32. The van der Waals surface area contributed by atoms with Gasteiger partial charge in [0, 0.05) is 29.5 Å². The fourth-order valence-electron chi connectivity index (χ4n) is 3.66. The maximum atomic E-state index is 12.7. The molecule has 2 heterocycles. The minimum absolute atomic E-state index is 0.0367. The molecule has 1 aliphatic heterocycles.